The van der Waals surface area contributed by atoms with Crippen molar-refractivity contribution >= 4 is 18.3 Å². The Morgan fingerprint density at radius 1 is 1.43 bits per heavy atom. The van der Waals surface area contributed by atoms with Crippen LogP contribution in [0, 0.1) is 0 Å². The Morgan fingerprint density at radius 3 is 3.00 bits per heavy atom. The van der Waals surface area contributed by atoms with E-state index in [0.29, 0.717) is 0 Å². The van der Waals surface area contributed by atoms with Gasteiger partial charge in [-0.2, -0.15) is 12.6 Å². The average molecular weight is 205 g/mol. The largest absolute Gasteiger partial charge is 0.367 e. The molecule has 0 aromatic heterocycles. The van der Waals surface area contributed by atoms with Crippen LogP contribution in [0.5, 0.6) is 0 Å². The molecule has 0 unspecified atom stereocenters. The summed E-state index contributed by atoms with van der Waals surface area (Å²) >= 11 is 4.23. The van der Waals surface area contributed by atoms with Gasteiger partial charge in [0.1, 0.15) is 0 Å². The van der Waals surface area contributed by atoms with Crippen molar-refractivity contribution in [1.29, 1.82) is 0 Å². The van der Waals surface area contributed by atoms with Crippen molar-refractivity contribution in [2.75, 3.05) is 23.7 Å². The van der Waals surface area contributed by atoms with E-state index in [1.165, 1.54) is 16.8 Å². The molecule has 1 aromatic rings. The predicted octanol–water partition coefficient (Wildman–Crippen LogP) is 2.54. The van der Waals surface area contributed by atoms with Crippen molar-refractivity contribution < 1.29 is 0 Å². The molecule has 1 aliphatic rings. The SMILES string of the molecule is C=C(CS)CN1CCc2ccccc21. The van der Waals surface area contributed by atoms with E-state index in [1.807, 2.05) is 0 Å². The molecule has 0 saturated heterocycles. The first-order valence-electron chi connectivity index (χ1n) is 4.91. The first-order valence-corrected chi connectivity index (χ1v) is 5.55. The molecule has 2 heteroatoms. The maximum absolute atomic E-state index is 4.23. The Labute approximate surface area is 90.8 Å². The number of rotatable bonds is 3. The minimum Gasteiger partial charge on any atom is -0.367 e. The molecule has 1 heterocycles. The van der Waals surface area contributed by atoms with E-state index < -0.39 is 0 Å². The van der Waals surface area contributed by atoms with Crippen LogP contribution in [0.1, 0.15) is 5.56 Å². The topological polar surface area (TPSA) is 3.24 Å². The van der Waals surface area contributed by atoms with Crippen LogP contribution in [0.4, 0.5) is 5.69 Å². The molecule has 1 nitrogen and oxygen atoms in total. The summed E-state index contributed by atoms with van der Waals surface area (Å²) in [5, 5.41) is 0. The fourth-order valence-electron chi connectivity index (χ4n) is 1.89. The van der Waals surface area contributed by atoms with E-state index in [-0.39, 0.29) is 0 Å². The molecule has 0 radical (unpaired) electrons. The van der Waals surface area contributed by atoms with Crippen LogP contribution >= 0.6 is 12.6 Å². The molecule has 0 saturated carbocycles. The van der Waals surface area contributed by atoms with Crippen LogP contribution in [0.2, 0.25) is 0 Å². The summed E-state index contributed by atoms with van der Waals surface area (Å²) in [6.07, 6.45) is 1.16. The van der Waals surface area contributed by atoms with Crippen LogP contribution in [0.15, 0.2) is 36.4 Å². The van der Waals surface area contributed by atoms with Gasteiger partial charge in [-0.1, -0.05) is 24.8 Å². The first kappa shape index (κ1) is 9.66. The molecule has 2 rings (SSSR count). The second-order valence-corrected chi connectivity index (χ2v) is 4.02. The number of hydrogen-bond acceptors (Lipinski definition) is 2. The van der Waals surface area contributed by atoms with Gasteiger partial charge in [0.2, 0.25) is 0 Å². The van der Waals surface area contributed by atoms with Gasteiger partial charge in [0, 0.05) is 24.5 Å². The highest BCUT2D eigenvalue weighted by atomic mass is 32.1. The van der Waals surface area contributed by atoms with Crippen molar-refractivity contribution in [2.24, 2.45) is 0 Å². The molecule has 1 aromatic carbocycles. The maximum Gasteiger partial charge on any atom is 0.0402 e. The zero-order valence-corrected chi connectivity index (χ0v) is 9.13. The molecule has 1 aliphatic heterocycles. The Morgan fingerprint density at radius 2 is 2.21 bits per heavy atom. The van der Waals surface area contributed by atoms with E-state index in [4.69, 9.17) is 0 Å². The number of hydrogen-bond donors (Lipinski definition) is 1. The number of para-hydroxylation sites is 1. The quantitative estimate of drug-likeness (QED) is 0.586. The fourth-order valence-corrected chi connectivity index (χ4v) is 1.99. The Hall–Kier alpha value is -0.890. The third-order valence-corrected chi connectivity index (χ3v) is 3.07. The second kappa shape index (κ2) is 4.09. The van der Waals surface area contributed by atoms with Crippen molar-refractivity contribution in [2.45, 2.75) is 6.42 Å². The Kier molecular flexibility index (Phi) is 2.82. The molecule has 0 N–H and O–H groups in total. The molecule has 0 amide bonds. The van der Waals surface area contributed by atoms with Crippen molar-refractivity contribution in [3.63, 3.8) is 0 Å². The van der Waals surface area contributed by atoms with E-state index in [1.54, 1.807) is 0 Å². The molecule has 0 aliphatic carbocycles. The number of fused-ring (bicyclic) bond motifs is 1. The normalized spacial score (nSPS) is 14.2. The molecule has 0 fully saturated rings. The van der Waals surface area contributed by atoms with E-state index in [9.17, 15) is 0 Å². The summed E-state index contributed by atoms with van der Waals surface area (Å²) in [7, 11) is 0. The molecule has 0 bridgehead atoms. The van der Waals surface area contributed by atoms with Crippen LogP contribution in [-0.2, 0) is 6.42 Å². The minimum absolute atomic E-state index is 0.776. The molecule has 74 valence electrons. The first-order chi connectivity index (χ1) is 6.81. The van der Waals surface area contributed by atoms with Gasteiger partial charge in [0.25, 0.3) is 0 Å². The van der Waals surface area contributed by atoms with Crippen molar-refractivity contribution in [3.05, 3.63) is 42.0 Å². The van der Waals surface area contributed by atoms with Crippen molar-refractivity contribution in [1.82, 2.24) is 0 Å². The second-order valence-electron chi connectivity index (χ2n) is 3.71. The van der Waals surface area contributed by atoms with E-state index in [0.717, 1.165) is 25.3 Å². The monoisotopic (exact) mass is 205 g/mol. The Bertz CT molecular complexity index is 346. The zero-order chi connectivity index (χ0) is 9.97. The summed E-state index contributed by atoms with van der Waals surface area (Å²) in [4.78, 5) is 2.38. The highest BCUT2D eigenvalue weighted by Gasteiger charge is 2.17. The standard InChI is InChI=1S/C12H15NS/c1-10(9-14)8-13-7-6-11-4-2-3-5-12(11)13/h2-5,14H,1,6-9H2. The third-order valence-electron chi connectivity index (χ3n) is 2.62. The lowest BCUT2D eigenvalue weighted by atomic mass is 10.2. The number of anilines is 1. The molecular weight excluding hydrogens is 190 g/mol. The van der Waals surface area contributed by atoms with Gasteiger partial charge in [-0.3, -0.25) is 0 Å². The van der Waals surface area contributed by atoms with Gasteiger partial charge in [-0.05, 0) is 23.6 Å². The maximum atomic E-state index is 4.23. The molecular formula is C12H15NS. The van der Waals surface area contributed by atoms with Gasteiger partial charge in [0.05, 0.1) is 0 Å². The predicted molar refractivity (Wildman–Crippen MR) is 65.4 cm³/mol. The van der Waals surface area contributed by atoms with E-state index in [2.05, 4.69) is 48.4 Å². The van der Waals surface area contributed by atoms with Gasteiger partial charge in [-0.15, -0.1) is 0 Å². The summed E-state index contributed by atoms with van der Waals surface area (Å²) in [5.74, 6) is 0.776. The summed E-state index contributed by atoms with van der Waals surface area (Å²) in [6.45, 7) is 6.05. The third kappa shape index (κ3) is 1.80. The van der Waals surface area contributed by atoms with Crippen LogP contribution in [0.3, 0.4) is 0 Å². The lowest BCUT2D eigenvalue weighted by molar-refractivity contribution is 0.883. The number of thiol groups is 1. The van der Waals surface area contributed by atoms with Gasteiger partial charge in [0.15, 0.2) is 0 Å². The zero-order valence-electron chi connectivity index (χ0n) is 8.24. The average Bonchev–Trinajstić information content (AvgIpc) is 2.62. The number of benzene rings is 1. The van der Waals surface area contributed by atoms with Crippen molar-refractivity contribution in [3.8, 4) is 0 Å². The van der Waals surface area contributed by atoms with Crippen LogP contribution in [-0.4, -0.2) is 18.8 Å². The Balaban J connectivity index is 2.14. The van der Waals surface area contributed by atoms with Crippen LogP contribution < -0.4 is 4.90 Å². The summed E-state index contributed by atoms with van der Waals surface area (Å²) in [6, 6.07) is 8.60. The molecule has 14 heavy (non-hydrogen) atoms. The number of nitrogens with zero attached hydrogens (tertiary/aromatic N) is 1. The summed E-state index contributed by atoms with van der Waals surface area (Å²) in [5.41, 5.74) is 4.01. The van der Waals surface area contributed by atoms with Gasteiger partial charge < -0.3 is 4.90 Å². The smallest absolute Gasteiger partial charge is 0.0402 e. The lowest BCUT2D eigenvalue weighted by Gasteiger charge is -2.19. The van der Waals surface area contributed by atoms with Gasteiger partial charge >= 0.3 is 0 Å². The highest BCUT2D eigenvalue weighted by Crippen LogP contribution is 2.27. The summed E-state index contributed by atoms with van der Waals surface area (Å²) < 4.78 is 0. The van der Waals surface area contributed by atoms with Gasteiger partial charge in [-0.25, -0.2) is 0 Å². The van der Waals surface area contributed by atoms with E-state index >= 15 is 0 Å². The molecule has 0 spiro atoms. The molecule has 0 atom stereocenters. The van der Waals surface area contributed by atoms with Crippen LogP contribution in [0.25, 0.3) is 0 Å². The lowest BCUT2D eigenvalue weighted by Crippen LogP contribution is -2.23. The fraction of sp³-hybridized carbons (Fsp3) is 0.333. The highest BCUT2D eigenvalue weighted by molar-refractivity contribution is 7.80. The minimum atomic E-state index is 0.776.